The van der Waals surface area contributed by atoms with Gasteiger partial charge in [-0.3, -0.25) is 14.2 Å². The van der Waals surface area contributed by atoms with E-state index in [0.29, 0.717) is 5.69 Å². The van der Waals surface area contributed by atoms with Gasteiger partial charge in [0, 0.05) is 11.6 Å². The van der Waals surface area contributed by atoms with Crippen molar-refractivity contribution in [2.24, 2.45) is 0 Å². The van der Waals surface area contributed by atoms with Crippen molar-refractivity contribution >= 4 is 28.5 Å². The number of anilines is 1. The molecule has 0 bridgehead atoms. The summed E-state index contributed by atoms with van der Waals surface area (Å²) in [7, 11) is 0. The number of fused-ring (bicyclic) bond motifs is 1. The fourth-order valence-corrected chi connectivity index (χ4v) is 2.28. The molecule has 2 N–H and O–H groups in total. The van der Waals surface area contributed by atoms with Gasteiger partial charge in [0.1, 0.15) is 6.54 Å². The number of carboxylic acids is 1. The predicted octanol–water partition coefficient (Wildman–Crippen LogP) is 1.69. The van der Waals surface area contributed by atoms with Crippen molar-refractivity contribution in [3.63, 3.8) is 0 Å². The maximum atomic E-state index is 12.2. The van der Waals surface area contributed by atoms with E-state index >= 15 is 0 Å². The number of nitrogens with one attached hydrogen (secondary N) is 1. The lowest BCUT2D eigenvalue weighted by molar-refractivity contribution is -0.146. The number of para-hydroxylation sites is 1. The Hall–Kier alpha value is -3.16. The van der Waals surface area contributed by atoms with Gasteiger partial charge in [-0.15, -0.1) is 0 Å². The van der Waals surface area contributed by atoms with Crippen LogP contribution in [0.5, 0.6) is 0 Å². The highest BCUT2D eigenvalue weighted by atomic mass is 16.4. The van der Waals surface area contributed by atoms with Gasteiger partial charge in [0.25, 0.3) is 0 Å². The Bertz CT molecular complexity index is 909. The highest BCUT2D eigenvalue weighted by molar-refractivity contribution is 5.91. The molecule has 0 unspecified atom stereocenters. The average Bonchev–Trinajstić information content (AvgIpc) is 3.15. The quantitative estimate of drug-likeness (QED) is 0.742. The zero-order valence-corrected chi connectivity index (χ0v) is 13.3. The van der Waals surface area contributed by atoms with Gasteiger partial charge in [0.2, 0.25) is 5.91 Å². The van der Waals surface area contributed by atoms with E-state index in [0.717, 1.165) is 10.9 Å². The van der Waals surface area contributed by atoms with Crippen LogP contribution in [-0.2, 0) is 21.7 Å². The molecular weight excluding hydrogens is 310 g/mol. The van der Waals surface area contributed by atoms with Crippen molar-refractivity contribution in [1.29, 1.82) is 0 Å². The van der Waals surface area contributed by atoms with E-state index in [1.54, 1.807) is 10.9 Å². The third-order valence-corrected chi connectivity index (χ3v) is 3.81. The number of amides is 1. The summed E-state index contributed by atoms with van der Waals surface area (Å²) in [5.74, 6) is -1.27. The molecule has 1 amide bonds. The van der Waals surface area contributed by atoms with Gasteiger partial charge in [-0.2, -0.15) is 10.2 Å². The van der Waals surface area contributed by atoms with Crippen molar-refractivity contribution in [2.75, 3.05) is 5.32 Å². The lowest BCUT2D eigenvalue weighted by Gasteiger charge is -2.19. The number of aliphatic carboxylic acids is 1. The lowest BCUT2D eigenvalue weighted by Crippen LogP contribution is -2.35. The summed E-state index contributed by atoms with van der Waals surface area (Å²) in [6, 6.07) is 7.61. The van der Waals surface area contributed by atoms with E-state index in [1.165, 1.54) is 30.9 Å². The first-order valence-electron chi connectivity index (χ1n) is 7.37. The summed E-state index contributed by atoms with van der Waals surface area (Å²) in [4.78, 5) is 23.4. The molecule has 0 aliphatic heterocycles. The summed E-state index contributed by atoms with van der Waals surface area (Å²) in [6.45, 7) is 3.12. The average molecular weight is 327 g/mol. The zero-order valence-electron chi connectivity index (χ0n) is 13.3. The fourth-order valence-electron chi connectivity index (χ4n) is 2.28. The Balaban J connectivity index is 1.72. The van der Waals surface area contributed by atoms with Crippen molar-refractivity contribution in [1.82, 2.24) is 19.6 Å². The molecule has 0 spiro atoms. The van der Waals surface area contributed by atoms with E-state index in [4.69, 9.17) is 0 Å². The van der Waals surface area contributed by atoms with Gasteiger partial charge >= 0.3 is 5.97 Å². The summed E-state index contributed by atoms with van der Waals surface area (Å²) < 4.78 is 2.91. The minimum atomic E-state index is -1.19. The highest BCUT2D eigenvalue weighted by Crippen LogP contribution is 2.17. The van der Waals surface area contributed by atoms with Gasteiger partial charge in [-0.05, 0) is 19.9 Å². The van der Waals surface area contributed by atoms with E-state index in [-0.39, 0.29) is 12.5 Å². The van der Waals surface area contributed by atoms with Crippen molar-refractivity contribution in [3.8, 4) is 0 Å². The minimum Gasteiger partial charge on any atom is -0.479 e. The van der Waals surface area contributed by atoms with Crippen LogP contribution in [0.15, 0.2) is 42.9 Å². The summed E-state index contributed by atoms with van der Waals surface area (Å²) >= 11 is 0. The molecular formula is C16H17N5O3. The third-order valence-electron chi connectivity index (χ3n) is 3.81. The van der Waals surface area contributed by atoms with Crippen LogP contribution < -0.4 is 5.32 Å². The van der Waals surface area contributed by atoms with Crippen LogP contribution in [0.4, 0.5) is 5.69 Å². The largest absolute Gasteiger partial charge is 0.479 e. The number of carbonyl (C=O) groups is 2. The first-order chi connectivity index (χ1) is 11.4. The number of rotatable bonds is 5. The molecule has 3 aromatic rings. The topological polar surface area (TPSA) is 102 Å². The van der Waals surface area contributed by atoms with Crippen LogP contribution in [0.25, 0.3) is 10.9 Å². The van der Waals surface area contributed by atoms with Crippen LogP contribution in [-0.4, -0.2) is 36.5 Å². The highest BCUT2D eigenvalue weighted by Gasteiger charge is 2.30. The Morgan fingerprint density at radius 2 is 1.96 bits per heavy atom. The zero-order chi connectivity index (χ0) is 17.3. The van der Waals surface area contributed by atoms with Crippen LogP contribution in [0, 0.1) is 0 Å². The van der Waals surface area contributed by atoms with Crippen LogP contribution in [0.3, 0.4) is 0 Å². The molecule has 8 nitrogen and oxygen atoms in total. The second-order valence-corrected chi connectivity index (χ2v) is 5.95. The molecule has 24 heavy (non-hydrogen) atoms. The number of carboxylic acid groups (broad SMARTS) is 1. The van der Waals surface area contributed by atoms with E-state index in [9.17, 15) is 14.7 Å². The minimum absolute atomic E-state index is 0.0566. The number of aromatic nitrogens is 4. The van der Waals surface area contributed by atoms with Gasteiger partial charge in [-0.25, -0.2) is 4.79 Å². The first-order valence-corrected chi connectivity index (χ1v) is 7.37. The van der Waals surface area contributed by atoms with E-state index < -0.39 is 11.5 Å². The second kappa shape index (κ2) is 5.80. The number of hydrogen-bond donors (Lipinski definition) is 2. The van der Waals surface area contributed by atoms with Gasteiger partial charge in [0.05, 0.1) is 23.6 Å². The summed E-state index contributed by atoms with van der Waals surface area (Å²) in [5.41, 5.74) is 0.113. The molecule has 1 aromatic carbocycles. The van der Waals surface area contributed by atoms with Crippen LogP contribution >= 0.6 is 0 Å². The van der Waals surface area contributed by atoms with Gasteiger partial charge in [-0.1, -0.05) is 18.2 Å². The Kier molecular flexibility index (Phi) is 3.80. The van der Waals surface area contributed by atoms with Crippen LogP contribution in [0.2, 0.25) is 0 Å². The first kappa shape index (κ1) is 15.7. The smallest absolute Gasteiger partial charge is 0.331 e. The number of nitrogens with zero attached hydrogens (tertiary/aromatic N) is 4. The monoisotopic (exact) mass is 327 g/mol. The molecule has 0 saturated carbocycles. The standard InChI is InChI=1S/C16H17N5O3/c1-16(2,15(23)24)21-9-12(8-18-21)19-14(22)10-20-13-6-4-3-5-11(13)7-17-20/h3-9H,10H2,1-2H3,(H,19,22)(H,23,24). The van der Waals surface area contributed by atoms with Gasteiger partial charge in [0.15, 0.2) is 5.54 Å². The van der Waals surface area contributed by atoms with Crippen LogP contribution in [0.1, 0.15) is 13.8 Å². The molecule has 2 aromatic heterocycles. The molecule has 0 saturated heterocycles. The normalized spacial score (nSPS) is 11.6. The molecule has 0 aliphatic rings. The van der Waals surface area contributed by atoms with E-state index in [1.807, 2.05) is 24.3 Å². The summed E-state index contributed by atoms with van der Waals surface area (Å²) in [5, 5.41) is 21.1. The summed E-state index contributed by atoms with van der Waals surface area (Å²) in [6.07, 6.45) is 4.62. The molecule has 3 rings (SSSR count). The molecule has 2 heterocycles. The third kappa shape index (κ3) is 2.85. The molecule has 0 aliphatic carbocycles. The van der Waals surface area contributed by atoms with E-state index in [2.05, 4.69) is 15.5 Å². The fraction of sp³-hybridized carbons (Fsp3) is 0.250. The maximum absolute atomic E-state index is 12.2. The van der Waals surface area contributed by atoms with Crippen molar-refractivity contribution in [3.05, 3.63) is 42.9 Å². The lowest BCUT2D eigenvalue weighted by atomic mass is 10.1. The maximum Gasteiger partial charge on any atom is 0.331 e. The SMILES string of the molecule is CC(C)(C(=O)O)n1cc(NC(=O)Cn2ncc3ccccc32)cn1. The van der Waals surface area contributed by atoms with Crippen molar-refractivity contribution < 1.29 is 14.7 Å². The van der Waals surface area contributed by atoms with Gasteiger partial charge < -0.3 is 10.4 Å². The van der Waals surface area contributed by atoms with Crippen molar-refractivity contribution in [2.45, 2.75) is 25.9 Å². The molecule has 0 radical (unpaired) electrons. The molecule has 0 fully saturated rings. The number of carbonyl (C=O) groups excluding carboxylic acids is 1. The molecule has 0 atom stereocenters. The molecule has 124 valence electrons. The predicted molar refractivity (Wildman–Crippen MR) is 87.5 cm³/mol. The Morgan fingerprint density at radius 1 is 1.21 bits per heavy atom. The number of hydrogen-bond acceptors (Lipinski definition) is 4. The Morgan fingerprint density at radius 3 is 2.71 bits per heavy atom. The second-order valence-electron chi connectivity index (χ2n) is 5.95. The Labute approximate surface area is 137 Å². The number of benzene rings is 1. The molecule has 8 heteroatoms.